The number of nitrogens with zero attached hydrogens (tertiary/aromatic N) is 2. The third kappa shape index (κ3) is 2.83. The maximum atomic E-state index is 11.3. The maximum absolute atomic E-state index is 11.3. The summed E-state index contributed by atoms with van der Waals surface area (Å²) in [5.74, 6) is -0.241. The average Bonchev–Trinajstić information content (AvgIpc) is 3.32. The highest BCUT2D eigenvalue weighted by molar-refractivity contribution is 5.98. The van der Waals surface area contributed by atoms with Crippen molar-refractivity contribution < 1.29 is 14.6 Å². The molecule has 1 N–H and O–H groups in total. The molecule has 3 rings (SSSR count). The summed E-state index contributed by atoms with van der Waals surface area (Å²) < 4.78 is 5.18. The van der Waals surface area contributed by atoms with Gasteiger partial charge >= 0.3 is 5.97 Å². The molecule has 2 aromatic rings. The van der Waals surface area contributed by atoms with Gasteiger partial charge in [-0.25, -0.2) is 9.78 Å². The van der Waals surface area contributed by atoms with E-state index in [1.165, 1.54) is 0 Å². The Morgan fingerprint density at radius 2 is 2.19 bits per heavy atom. The van der Waals surface area contributed by atoms with Crippen LogP contribution in [0.4, 0.5) is 5.82 Å². The Kier molecular flexibility index (Phi) is 3.75. The molecule has 1 saturated carbocycles. The van der Waals surface area contributed by atoms with Gasteiger partial charge in [-0.1, -0.05) is 24.3 Å². The van der Waals surface area contributed by atoms with E-state index in [0.717, 1.165) is 36.0 Å². The molecule has 0 bridgehead atoms. The number of anilines is 1. The second kappa shape index (κ2) is 5.69. The SMILES string of the molecule is COCCN(c1nc(C(=O)O)cc2ccccc12)C1CC1. The lowest BCUT2D eigenvalue weighted by atomic mass is 10.1. The summed E-state index contributed by atoms with van der Waals surface area (Å²) in [5.41, 5.74) is 0.0896. The van der Waals surface area contributed by atoms with Crippen LogP contribution in [-0.4, -0.2) is 42.4 Å². The Balaban J connectivity index is 2.11. The van der Waals surface area contributed by atoms with E-state index in [1.54, 1.807) is 13.2 Å². The van der Waals surface area contributed by atoms with Gasteiger partial charge in [-0.15, -0.1) is 0 Å². The lowest BCUT2D eigenvalue weighted by molar-refractivity contribution is 0.0691. The number of hydrogen-bond acceptors (Lipinski definition) is 4. The second-order valence-electron chi connectivity index (χ2n) is 5.27. The molecule has 1 fully saturated rings. The van der Waals surface area contributed by atoms with Gasteiger partial charge in [0.15, 0.2) is 5.69 Å². The number of aromatic nitrogens is 1. The molecule has 0 amide bonds. The van der Waals surface area contributed by atoms with Gasteiger partial charge < -0.3 is 14.7 Å². The zero-order valence-electron chi connectivity index (χ0n) is 12.0. The summed E-state index contributed by atoms with van der Waals surface area (Å²) in [6, 6.07) is 9.85. The van der Waals surface area contributed by atoms with E-state index >= 15 is 0 Å². The van der Waals surface area contributed by atoms with Gasteiger partial charge in [-0.3, -0.25) is 0 Å². The summed E-state index contributed by atoms with van der Waals surface area (Å²) in [6.07, 6.45) is 2.24. The van der Waals surface area contributed by atoms with E-state index in [4.69, 9.17) is 4.74 Å². The summed E-state index contributed by atoms with van der Waals surface area (Å²) in [6.45, 7) is 1.32. The third-order valence-electron chi connectivity index (χ3n) is 3.74. The molecule has 5 heteroatoms. The van der Waals surface area contributed by atoms with Crippen LogP contribution in [0.25, 0.3) is 10.8 Å². The van der Waals surface area contributed by atoms with Crippen LogP contribution in [0, 0.1) is 0 Å². The van der Waals surface area contributed by atoms with Crippen molar-refractivity contribution in [3.63, 3.8) is 0 Å². The van der Waals surface area contributed by atoms with Crippen molar-refractivity contribution in [2.24, 2.45) is 0 Å². The van der Waals surface area contributed by atoms with Gasteiger partial charge in [0.1, 0.15) is 5.82 Å². The molecule has 110 valence electrons. The molecule has 1 aliphatic rings. The first-order valence-electron chi connectivity index (χ1n) is 7.09. The van der Waals surface area contributed by atoms with Crippen molar-refractivity contribution in [1.82, 2.24) is 4.98 Å². The molecule has 0 atom stereocenters. The minimum Gasteiger partial charge on any atom is -0.477 e. The fraction of sp³-hybridized carbons (Fsp3) is 0.375. The summed E-state index contributed by atoms with van der Waals surface area (Å²) >= 11 is 0. The Morgan fingerprint density at radius 1 is 1.43 bits per heavy atom. The number of benzene rings is 1. The minimum atomic E-state index is -0.996. The van der Waals surface area contributed by atoms with Gasteiger partial charge in [0.25, 0.3) is 0 Å². The van der Waals surface area contributed by atoms with E-state index in [1.807, 2.05) is 24.3 Å². The fourth-order valence-electron chi connectivity index (χ4n) is 2.55. The topological polar surface area (TPSA) is 62.7 Å². The van der Waals surface area contributed by atoms with Crippen LogP contribution in [0.15, 0.2) is 30.3 Å². The number of fused-ring (bicyclic) bond motifs is 1. The third-order valence-corrected chi connectivity index (χ3v) is 3.74. The molecular formula is C16H18N2O3. The van der Waals surface area contributed by atoms with Gasteiger partial charge in [-0.2, -0.15) is 0 Å². The summed E-state index contributed by atoms with van der Waals surface area (Å²) in [5, 5.41) is 11.2. The highest BCUT2D eigenvalue weighted by Gasteiger charge is 2.31. The molecular weight excluding hydrogens is 268 g/mol. The Hall–Kier alpha value is -2.14. The molecule has 21 heavy (non-hydrogen) atoms. The van der Waals surface area contributed by atoms with Crippen molar-refractivity contribution in [2.45, 2.75) is 18.9 Å². The molecule has 0 spiro atoms. The molecule has 0 saturated heterocycles. The number of carboxylic acid groups (broad SMARTS) is 1. The van der Waals surface area contributed by atoms with Crippen molar-refractivity contribution in [2.75, 3.05) is 25.2 Å². The van der Waals surface area contributed by atoms with Crippen LogP contribution in [-0.2, 0) is 4.74 Å². The van der Waals surface area contributed by atoms with Crippen molar-refractivity contribution in [1.29, 1.82) is 0 Å². The molecule has 0 aliphatic heterocycles. The summed E-state index contributed by atoms with van der Waals surface area (Å²) in [4.78, 5) is 17.9. The predicted molar refractivity (Wildman–Crippen MR) is 80.9 cm³/mol. The number of ether oxygens (including phenoxy) is 1. The van der Waals surface area contributed by atoms with Crippen LogP contribution in [0.2, 0.25) is 0 Å². The smallest absolute Gasteiger partial charge is 0.354 e. The predicted octanol–water partition coefficient (Wildman–Crippen LogP) is 2.55. The number of carboxylic acids is 1. The van der Waals surface area contributed by atoms with Crippen molar-refractivity contribution in [3.8, 4) is 0 Å². The largest absolute Gasteiger partial charge is 0.477 e. The molecule has 1 aliphatic carbocycles. The van der Waals surface area contributed by atoms with Crippen LogP contribution in [0.3, 0.4) is 0 Å². The second-order valence-corrected chi connectivity index (χ2v) is 5.27. The van der Waals surface area contributed by atoms with E-state index in [0.29, 0.717) is 12.6 Å². The molecule has 0 radical (unpaired) electrons. The van der Waals surface area contributed by atoms with Gasteiger partial charge in [0, 0.05) is 25.1 Å². The summed E-state index contributed by atoms with van der Waals surface area (Å²) in [7, 11) is 1.67. The monoisotopic (exact) mass is 286 g/mol. The van der Waals surface area contributed by atoms with Gasteiger partial charge in [-0.05, 0) is 24.3 Å². The minimum absolute atomic E-state index is 0.0896. The first kappa shape index (κ1) is 13.8. The molecule has 1 heterocycles. The van der Waals surface area contributed by atoms with Crippen LogP contribution >= 0.6 is 0 Å². The number of aromatic carboxylic acids is 1. The van der Waals surface area contributed by atoms with Crippen LogP contribution in [0.1, 0.15) is 23.3 Å². The van der Waals surface area contributed by atoms with Crippen LogP contribution in [0.5, 0.6) is 0 Å². The standard InChI is InChI=1S/C16H18N2O3/c1-21-9-8-18(12-6-7-12)15-13-5-3-2-4-11(13)10-14(17-15)16(19)20/h2-5,10,12H,6-9H2,1H3,(H,19,20). The normalized spacial score (nSPS) is 14.3. The Morgan fingerprint density at radius 3 is 2.86 bits per heavy atom. The van der Waals surface area contributed by atoms with Crippen molar-refractivity contribution in [3.05, 3.63) is 36.0 Å². The lowest BCUT2D eigenvalue weighted by Gasteiger charge is -2.25. The molecule has 1 aromatic carbocycles. The molecule has 5 nitrogen and oxygen atoms in total. The lowest BCUT2D eigenvalue weighted by Crippen LogP contribution is -2.30. The zero-order chi connectivity index (χ0) is 14.8. The number of carbonyl (C=O) groups is 1. The number of methoxy groups -OCH3 is 1. The van der Waals surface area contributed by atoms with Crippen molar-refractivity contribution >= 4 is 22.6 Å². The average molecular weight is 286 g/mol. The van der Waals surface area contributed by atoms with E-state index in [9.17, 15) is 9.90 Å². The van der Waals surface area contributed by atoms with E-state index < -0.39 is 5.97 Å². The first-order valence-corrected chi connectivity index (χ1v) is 7.09. The highest BCUT2D eigenvalue weighted by atomic mass is 16.5. The Labute approximate surface area is 123 Å². The number of rotatable bonds is 6. The highest BCUT2D eigenvalue weighted by Crippen LogP contribution is 2.34. The first-order chi connectivity index (χ1) is 10.2. The van der Waals surface area contributed by atoms with E-state index in [2.05, 4.69) is 9.88 Å². The fourth-order valence-corrected chi connectivity index (χ4v) is 2.55. The van der Waals surface area contributed by atoms with Crippen LogP contribution < -0.4 is 4.90 Å². The molecule has 0 unspecified atom stereocenters. The van der Waals surface area contributed by atoms with Gasteiger partial charge in [0.2, 0.25) is 0 Å². The van der Waals surface area contributed by atoms with Gasteiger partial charge in [0.05, 0.1) is 6.61 Å². The van der Waals surface area contributed by atoms with E-state index in [-0.39, 0.29) is 5.69 Å². The number of hydrogen-bond donors (Lipinski definition) is 1. The Bertz CT molecular complexity index is 668. The maximum Gasteiger partial charge on any atom is 0.354 e. The zero-order valence-corrected chi connectivity index (χ0v) is 12.0. The molecule has 1 aromatic heterocycles. The quantitative estimate of drug-likeness (QED) is 0.884. The number of pyridine rings is 1.